The van der Waals surface area contributed by atoms with Crippen molar-refractivity contribution in [3.05, 3.63) is 71.8 Å². The van der Waals surface area contributed by atoms with E-state index in [0.29, 0.717) is 13.1 Å². The Bertz CT molecular complexity index is 892. The molecule has 0 amide bonds. The molecule has 27 heavy (non-hydrogen) atoms. The van der Waals surface area contributed by atoms with Gasteiger partial charge < -0.3 is 4.52 Å². The Balaban J connectivity index is 1.29. The van der Waals surface area contributed by atoms with Crippen molar-refractivity contribution in [3.63, 3.8) is 0 Å². The number of benzene rings is 1. The largest absolute Gasteiger partial charge is 0.359 e. The van der Waals surface area contributed by atoms with Gasteiger partial charge in [-0.25, -0.2) is 8.78 Å². The summed E-state index contributed by atoms with van der Waals surface area (Å²) in [4.78, 5) is 8.64. The first-order chi connectivity index (χ1) is 13.2. The smallest absolute Gasteiger partial charge is 0.159 e. The topological polar surface area (TPSA) is 45.4 Å². The molecule has 4 rings (SSSR count). The van der Waals surface area contributed by atoms with Crippen LogP contribution in [0, 0.1) is 11.6 Å². The second-order valence-electron chi connectivity index (χ2n) is 6.72. The van der Waals surface area contributed by atoms with E-state index in [2.05, 4.69) is 19.9 Å². The number of pyridine rings is 1. The fourth-order valence-electron chi connectivity index (χ4n) is 3.26. The summed E-state index contributed by atoms with van der Waals surface area (Å²) in [6, 6.07) is 9.87. The molecule has 1 fully saturated rings. The van der Waals surface area contributed by atoms with Crippen LogP contribution >= 0.6 is 0 Å². The van der Waals surface area contributed by atoms with Crippen molar-refractivity contribution in [2.24, 2.45) is 0 Å². The molecule has 140 valence electrons. The third-order valence-corrected chi connectivity index (χ3v) is 4.75. The SMILES string of the molecule is Fc1ccc(CN2CCN(Cc3cc(-c4cccnc4)no3)CC2)cc1F. The van der Waals surface area contributed by atoms with E-state index >= 15 is 0 Å². The maximum Gasteiger partial charge on any atom is 0.159 e. The summed E-state index contributed by atoms with van der Waals surface area (Å²) in [5, 5.41) is 4.12. The molecule has 3 aromatic rings. The highest BCUT2D eigenvalue weighted by Gasteiger charge is 2.19. The van der Waals surface area contributed by atoms with Gasteiger partial charge in [-0.15, -0.1) is 0 Å². The van der Waals surface area contributed by atoms with Gasteiger partial charge in [0, 0.05) is 56.7 Å². The average molecular weight is 370 g/mol. The Labute approximate surface area is 156 Å². The number of rotatable bonds is 5. The molecular formula is C20H20F2N4O. The zero-order chi connectivity index (χ0) is 18.6. The Kier molecular flexibility index (Phi) is 5.22. The number of piperazine rings is 1. The highest BCUT2D eigenvalue weighted by atomic mass is 19.2. The molecule has 1 aliphatic rings. The van der Waals surface area contributed by atoms with Crippen LogP contribution in [0.3, 0.4) is 0 Å². The number of hydrogen-bond donors (Lipinski definition) is 0. The quantitative estimate of drug-likeness (QED) is 0.689. The molecule has 5 nitrogen and oxygen atoms in total. The molecule has 0 unspecified atom stereocenters. The molecule has 0 spiro atoms. The van der Waals surface area contributed by atoms with Crippen LogP contribution in [-0.4, -0.2) is 46.1 Å². The first kappa shape index (κ1) is 17.8. The maximum absolute atomic E-state index is 13.3. The van der Waals surface area contributed by atoms with E-state index in [9.17, 15) is 8.78 Å². The van der Waals surface area contributed by atoms with Gasteiger partial charge in [-0.05, 0) is 29.8 Å². The summed E-state index contributed by atoms with van der Waals surface area (Å²) in [6.07, 6.45) is 3.49. The molecule has 1 aromatic carbocycles. The molecule has 3 heterocycles. The van der Waals surface area contributed by atoms with E-state index in [1.165, 1.54) is 12.1 Å². The van der Waals surface area contributed by atoms with Crippen LogP contribution in [-0.2, 0) is 13.1 Å². The van der Waals surface area contributed by atoms with E-state index < -0.39 is 11.6 Å². The molecule has 0 bridgehead atoms. The monoisotopic (exact) mass is 370 g/mol. The summed E-state index contributed by atoms with van der Waals surface area (Å²) in [5.41, 5.74) is 2.51. The van der Waals surface area contributed by atoms with E-state index in [-0.39, 0.29) is 0 Å². The number of hydrogen-bond acceptors (Lipinski definition) is 5. The molecule has 7 heteroatoms. The minimum absolute atomic E-state index is 0.624. The van der Waals surface area contributed by atoms with Crippen LogP contribution in [0.1, 0.15) is 11.3 Å². The van der Waals surface area contributed by atoms with Crippen LogP contribution in [0.15, 0.2) is 53.3 Å². The van der Waals surface area contributed by atoms with Gasteiger partial charge in [0.2, 0.25) is 0 Å². The fraction of sp³-hybridized carbons (Fsp3) is 0.300. The van der Waals surface area contributed by atoms with Crippen LogP contribution < -0.4 is 0 Å². The molecule has 0 saturated carbocycles. The highest BCUT2D eigenvalue weighted by Crippen LogP contribution is 2.19. The van der Waals surface area contributed by atoms with Crippen LogP contribution in [0.4, 0.5) is 8.78 Å². The first-order valence-corrected chi connectivity index (χ1v) is 8.92. The summed E-state index contributed by atoms with van der Waals surface area (Å²) < 4.78 is 31.8. The Hall–Kier alpha value is -2.64. The molecule has 2 aromatic heterocycles. The van der Waals surface area contributed by atoms with Crippen molar-refractivity contribution < 1.29 is 13.3 Å². The van der Waals surface area contributed by atoms with Crippen molar-refractivity contribution >= 4 is 0 Å². The van der Waals surface area contributed by atoms with Gasteiger partial charge in [-0.1, -0.05) is 11.2 Å². The second kappa shape index (κ2) is 7.94. The Morgan fingerprint density at radius 1 is 0.926 bits per heavy atom. The van der Waals surface area contributed by atoms with Crippen molar-refractivity contribution in [1.29, 1.82) is 0 Å². The van der Waals surface area contributed by atoms with E-state index in [1.54, 1.807) is 18.5 Å². The third-order valence-electron chi connectivity index (χ3n) is 4.75. The number of nitrogens with zero attached hydrogens (tertiary/aromatic N) is 4. The lowest BCUT2D eigenvalue weighted by atomic mass is 10.2. The normalized spacial score (nSPS) is 15.9. The molecule has 0 aliphatic carbocycles. The number of halogens is 2. The van der Waals surface area contributed by atoms with Crippen LogP contribution in [0.25, 0.3) is 11.3 Å². The lowest BCUT2D eigenvalue weighted by Gasteiger charge is -2.34. The van der Waals surface area contributed by atoms with Crippen molar-refractivity contribution in [2.45, 2.75) is 13.1 Å². The lowest BCUT2D eigenvalue weighted by Crippen LogP contribution is -2.45. The van der Waals surface area contributed by atoms with Gasteiger partial charge in [0.25, 0.3) is 0 Å². The zero-order valence-corrected chi connectivity index (χ0v) is 14.8. The Morgan fingerprint density at radius 3 is 2.41 bits per heavy atom. The summed E-state index contributed by atoms with van der Waals surface area (Å²) in [5.74, 6) is -0.773. The number of aromatic nitrogens is 2. The molecule has 0 N–H and O–H groups in total. The van der Waals surface area contributed by atoms with Crippen molar-refractivity contribution in [3.8, 4) is 11.3 Å². The van der Waals surface area contributed by atoms with Gasteiger partial charge in [-0.2, -0.15) is 0 Å². The first-order valence-electron chi connectivity index (χ1n) is 8.92. The molecule has 1 aliphatic heterocycles. The third kappa shape index (κ3) is 4.37. The van der Waals surface area contributed by atoms with Crippen LogP contribution in [0.5, 0.6) is 0 Å². The molecule has 0 radical (unpaired) electrons. The Morgan fingerprint density at radius 2 is 1.70 bits per heavy atom. The van der Waals surface area contributed by atoms with E-state index in [0.717, 1.165) is 48.8 Å². The second-order valence-corrected chi connectivity index (χ2v) is 6.72. The van der Waals surface area contributed by atoms with Gasteiger partial charge in [0.1, 0.15) is 5.69 Å². The summed E-state index contributed by atoms with van der Waals surface area (Å²) in [6.45, 7) is 4.81. The average Bonchev–Trinajstić information content (AvgIpc) is 3.16. The van der Waals surface area contributed by atoms with Crippen molar-refractivity contribution in [2.75, 3.05) is 26.2 Å². The van der Waals surface area contributed by atoms with Crippen molar-refractivity contribution in [1.82, 2.24) is 19.9 Å². The van der Waals surface area contributed by atoms with E-state index in [4.69, 9.17) is 4.52 Å². The molecular weight excluding hydrogens is 350 g/mol. The van der Waals surface area contributed by atoms with Crippen LogP contribution in [0.2, 0.25) is 0 Å². The lowest BCUT2D eigenvalue weighted by molar-refractivity contribution is 0.113. The van der Waals surface area contributed by atoms with Gasteiger partial charge >= 0.3 is 0 Å². The fourth-order valence-corrected chi connectivity index (χ4v) is 3.26. The molecule has 0 atom stereocenters. The zero-order valence-electron chi connectivity index (χ0n) is 14.8. The minimum atomic E-state index is -0.804. The van der Waals surface area contributed by atoms with Gasteiger partial charge in [0.05, 0.1) is 6.54 Å². The predicted molar refractivity (Wildman–Crippen MR) is 96.6 cm³/mol. The minimum Gasteiger partial charge on any atom is -0.359 e. The maximum atomic E-state index is 13.3. The summed E-state index contributed by atoms with van der Waals surface area (Å²) in [7, 11) is 0. The standard InChI is InChI=1S/C20H20F2N4O/c21-18-4-3-15(10-19(18)22)13-25-6-8-26(9-7-25)14-17-11-20(24-27-17)16-2-1-5-23-12-16/h1-5,10-12H,6-9,13-14H2. The summed E-state index contributed by atoms with van der Waals surface area (Å²) >= 11 is 0. The van der Waals surface area contributed by atoms with E-state index in [1.807, 2.05) is 18.2 Å². The predicted octanol–water partition coefficient (Wildman–Crippen LogP) is 3.33. The van der Waals surface area contributed by atoms with Gasteiger partial charge in [0.15, 0.2) is 17.4 Å². The van der Waals surface area contributed by atoms with Gasteiger partial charge in [-0.3, -0.25) is 14.8 Å². The molecule has 1 saturated heterocycles. The highest BCUT2D eigenvalue weighted by molar-refractivity contribution is 5.57.